The molecule has 1 atom stereocenters. The molecular weight excluding hydrogens is 1020 g/mol. The first-order chi connectivity index (χ1) is 41.0. The Hall–Kier alpha value is -3.41. The molecule has 0 aliphatic carbocycles. The van der Waals surface area contributed by atoms with E-state index >= 15 is 0 Å². The van der Waals surface area contributed by atoms with Gasteiger partial charge in [0.2, 0.25) is 0 Å². The molecule has 0 N–H and O–H groups in total. The molecule has 0 radical (unpaired) electrons. The van der Waals surface area contributed by atoms with Crippen molar-refractivity contribution in [2.45, 2.75) is 374 Å². The summed E-state index contributed by atoms with van der Waals surface area (Å²) in [6, 6.07) is 0. The van der Waals surface area contributed by atoms with Crippen molar-refractivity contribution >= 4 is 17.9 Å². The van der Waals surface area contributed by atoms with Gasteiger partial charge in [-0.25, -0.2) is 0 Å². The third-order valence-corrected chi connectivity index (χ3v) is 15.9. The first-order valence-corrected chi connectivity index (χ1v) is 36.1. The van der Waals surface area contributed by atoms with Gasteiger partial charge >= 0.3 is 17.9 Å². The second kappa shape index (κ2) is 71.1. The molecule has 6 heteroatoms. The monoisotopic (exact) mass is 1160 g/mol. The number of rotatable bonds is 66. The SMILES string of the molecule is CC/C=C\C/C=C\C/C=C\C/C=C\C/C=C\C/C=C\C/C=C\CCCCCCCCCCCC(=O)OCC(COC(=O)CCCCCCCCCCCC)OC(=O)CCCCCCCCCCCCCCCCCCCCCCCCCC. The summed E-state index contributed by atoms with van der Waals surface area (Å²) >= 11 is 0. The number of hydrogen-bond acceptors (Lipinski definition) is 6. The molecule has 0 amide bonds. The van der Waals surface area contributed by atoms with Gasteiger partial charge in [-0.15, -0.1) is 0 Å². The molecule has 83 heavy (non-hydrogen) atoms. The van der Waals surface area contributed by atoms with Crippen LogP contribution in [0, 0.1) is 0 Å². The van der Waals surface area contributed by atoms with E-state index in [1.807, 2.05) is 0 Å². The van der Waals surface area contributed by atoms with Gasteiger partial charge in [-0.2, -0.15) is 0 Å². The summed E-state index contributed by atoms with van der Waals surface area (Å²) in [6.07, 6.45) is 94.8. The highest BCUT2D eigenvalue weighted by atomic mass is 16.6. The number of ether oxygens (including phenoxy) is 3. The molecule has 6 nitrogen and oxygen atoms in total. The average molecular weight is 1160 g/mol. The predicted octanol–water partition coefficient (Wildman–Crippen LogP) is 25.0. The summed E-state index contributed by atoms with van der Waals surface area (Å²) in [5.41, 5.74) is 0. The molecule has 0 bridgehead atoms. The van der Waals surface area contributed by atoms with Crippen LogP contribution >= 0.6 is 0 Å². The quantitative estimate of drug-likeness (QED) is 0.0261. The van der Waals surface area contributed by atoms with Crippen molar-refractivity contribution in [1.82, 2.24) is 0 Å². The van der Waals surface area contributed by atoms with Gasteiger partial charge in [0.05, 0.1) is 0 Å². The molecule has 0 saturated carbocycles. The highest BCUT2D eigenvalue weighted by molar-refractivity contribution is 5.71. The summed E-state index contributed by atoms with van der Waals surface area (Å²) in [7, 11) is 0. The number of hydrogen-bond donors (Lipinski definition) is 0. The van der Waals surface area contributed by atoms with Crippen molar-refractivity contribution in [2.75, 3.05) is 13.2 Å². The molecule has 0 heterocycles. The largest absolute Gasteiger partial charge is 0.462 e. The topological polar surface area (TPSA) is 78.9 Å². The summed E-state index contributed by atoms with van der Waals surface area (Å²) in [5.74, 6) is -0.859. The molecular formula is C77H136O6. The van der Waals surface area contributed by atoms with Crippen LogP contribution < -0.4 is 0 Å². The van der Waals surface area contributed by atoms with Crippen LogP contribution in [0.15, 0.2) is 85.1 Å². The van der Waals surface area contributed by atoms with Crippen LogP contribution in [0.2, 0.25) is 0 Å². The first-order valence-electron chi connectivity index (χ1n) is 36.1. The lowest BCUT2D eigenvalue weighted by molar-refractivity contribution is -0.167. The second-order valence-electron chi connectivity index (χ2n) is 24.1. The summed E-state index contributed by atoms with van der Waals surface area (Å²) in [4.78, 5) is 38.4. The molecule has 0 aliphatic heterocycles. The molecule has 0 fully saturated rings. The third kappa shape index (κ3) is 69.3. The van der Waals surface area contributed by atoms with Gasteiger partial charge in [0, 0.05) is 19.3 Å². The number of unbranched alkanes of at least 4 members (excludes halogenated alkanes) is 41. The van der Waals surface area contributed by atoms with Crippen molar-refractivity contribution in [3.8, 4) is 0 Å². The fraction of sp³-hybridized carbons (Fsp3) is 0.779. The maximum absolute atomic E-state index is 12.9. The van der Waals surface area contributed by atoms with E-state index in [1.165, 1.54) is 218 Å². The fourth-order valence-corrected chi connectivity index (χ4v) is 10.5. The van der Waals surface area contributed by atoms with Crippen molar-refractivity contribution in [1.29, 1.82) is 0 Å². The van der Waals surface area contributed by atoms with Crippen LogP contribution in [0.4, 0.5) is 0 Å². The van der Waals surface area contributed by atoms with Crippen LogP contribution in [0.1, 0.15) is 367 Å². The fourth-order valence-electron chi connectivity index (χ4n) is 10.5. The van der Waals surface area contributed by atoms with E-state index in [1.54, 1.807) is 0 Å². The van der Waals surface area contributed by atoms with Crippen LogP contribution in [-0.4, -0.2) is 37.2 Å². The van der Waals surface area contributed by atoms with E-state index in [9.17, 15) is 14.4 Å². The van der Waals surface area contributed by atoms with Crippen LogP contribution in [0.5, 0.6) is 0 Å². The Morgan fingerprint density at radius 1 is 0.253 bits per heavy atom. The normalized spacial score (nSPS) is 12.6. The van der Waals surface area contributed by atoms with Gasteiger partial charge in [0.1, 0.15) is 13.2 Å². The van der Waals surface area contributed by atoms with E-state index in [4.69, 9.17) is 14.2 Å². The van der Waals surface area contributed by atoms with Gasteiger partial charge in [-0.1, -0.05) is 356 Å². The maximum atomic E-state index is 12.9. The smallest absolute Gasteiger partial charge is 0.306 e. The molecule has 0 aliphatic rings. The Morgan fingerprint density at radius 3 is 0.735 bits per heavy atom. The van der Waals surface area contributed by atoms with Crippen molar-refractivity contribution in [2.24, 2.45) is 0 Å². The van der Waals surface area contributed by atoms with E-state index < -0.39 is 6.10 Å². The zero-order valence-corrected chi connectivity index (χ0v) is 55.2. The van der Waals surface area contributed by atoms with Crippen molar-refractivity contribution < 1.29 is 28.6 Å². The van der Waals surface area contributed by atoms with Crippen LogP contribution in [0.25, 0.3) is 0 Å². The van der Waals surface area contributed by atoms with E-state index in [-0.39, 0.29) is 31.1 Å². The summed E-state index contributed by atoms with van der Waals surface area (Å²) in [6.45, 7) is 6.56. The number of carbonyl (C=O) groups excluding carboxylic acids is 3. The lowest BCUT2D eigenvalue weighted by Gasteiger charge is -2.18. The molecule has 0 aromatic rings. The molecule has 480 valence electrons. The molecule has 0 aromatic heterocycles. The minimum absolute atomic E-state index is 0.0726. The lowest BCUT2D eigenvalue weighted by atomic mass is 10.0. The standard InChI is InChI=1S/C77H136O6/c1-4-7-10-13-16-19-22-24-26-28-30-32-34-36-37-38-39-40-41-42-44-45-47-49-51-53-55-58-61-64-67-70-76(79)82-73-74(72-81-75(78)69-66-63-60-57-21-18-15-12-9-6-3)83-77(80)71-68-65-62-59-56-54-52-50-48-46-43-35-33-31-29-27-25-23-20-17-14-11-8-5-2/h7,10,16,19,24,26,30,32,36-37,39-40,42,44,74H,4-6,8-9,11-15,17-18,20-23,25,27-29,31,33-35,38,41,43,45-73H2,1-3H3/b10-7-,19-16-,26-24-,32-30-,37-36-,40-39-,44-42-. The molecule has 0 spiro atoms. The second-order valence-corrected chi connectivity index (χ2v) is 24.1. The number of carbonyl (C=O) groups is 3. The number of esters is 3. The predicted molar refractivity (Wildman–Crippen MR) is 362 cm³/mol. The number of allylic oxidation sites excluding steroid dienone is 14. The maximum Gasteiger partial charge on any atom is 0.306 e. The third-order valence-electron chi connectivity index (χ3n) is 15.9. The molecule has 0 saturated heterocycles. The first kappa shape index (κ1) is 79.6. The summed E-state index contributed by atoms with van der Waals surface area (Å²) < 4.78 is 17.0. The summed E-state index contributed by atoms with van der Waals surface area (Å²) in [5, 5.41) is 0. The van der Waals surface area contributed by atoms with Gasteiger partial charge in [0.25, 0.3) is 0 Å². The Morgan fingerprint density at radius 2 is 0.470 bits per heavy atom. The van der Waals surface area contributed by atoms with E-state index in [2.05, 4.69) is 106 Å². The average Bonchev–Trinajstić information content (AvgIpc) is 3.48. The van der Waals surface area contributed by atoms with Gasteiger partial charge in [-0.3, -0.25) is 14.4 Å². The highest BCUT2D eigenvalue weighted by Crippen LogP contribution is 2.18. The van der Waals surface area contributed by atoms with Gasteiger partial charge in [-0.05, 0) is 77.0 Å². The van der Waals surface area contributed by atoms with Crippen LogP contribution in [-0.2, 0) is 28.6 Å². The minimum Gasteiger partial charge on any atom is -0.462 e. The minimum atomic E-state index is -0.776. The highest BCUT2D eigenvalue weighted by Gasteiger charge is 2.19. The van der Waals surface area contributed by atoms with Gasteiger partial charge in [0.15, 0.2) is 6.10 Å². The zero-order chi connectivity index (χ0) is 59.9. The Bertz CT molecular complexity index is 1570. The van der Waals surface area contributed by atoms with E-state index in [0.717, 1.165) is 109 Å². The Balaban J connectivity index is 4.18. The van der Waals surface area contributed by atoms with Crippen molar-refractivity contribution in [3.63, 3.8) is 0 Å². The lowest BCUT2D eigenvalue weighted by Crippen LogP contribution is -2.30. The zero-order valence-electron chi connectivity index (χ0n) is 55.2. The van der Waals surface area contributed by atoms with Gasteiger partial charge < -0.3 is 14.2 Å². The Kier molecular flexibility index (Phi) is 68.2. The molecule has 1 unspecified atom stereocenters. The van der Waals surface area contributed by atoms with Crippen LogP contribution in [0.3, 0.4) is 0 Å². The van der Waals surface area contributed by atoms with Crippen molar-refractivity contribution in [3.05, 3.63) is 85.1 Å². The molecule has 0 aromatic carbocycles. The molecule has 0 rings (SSSR count). The van der Waals surface area contributed by atoms with E-state index in [0.29, 0.717) is 19.3 Å². The Labute approximate surface area is 515 Å².